The monoisotopic (exact) mass is 322 g/mol. The molecule has 5 heteroatoms. The highest BCUT2D eigenvalue weighted by Gasteiger charge is 2.31. The summed E-state index contributed by atoms with van der Waals surface area (Å²) in [7, 11) is 0. The van der Waals surface area contributed by atoms with Crippen molar-refractivity contribution in [2.45, 2.75) is 6.04 Å². The lowest BCUT2D eigenvalue weighted by atomic mass is 9.95. The second-order valence-electron chi connectivity index (χ2n) is 6.07. The fraction of sp³-hybridized carbons (Fsp3) is 0.263. The summed E-state index contributed by atoms with van der Waals surface area (Å²) in [5, 5.41) is 11.8. The average Bonchev–Trinajstić information content (AvgIpc) is 2.66. The second kappa shape index (κ2) is 6.55. The summed E-state index contributed by atoms with van der Waals surface area (Å²) in [6, 6.07) is 11.9. The van der Waals surface area contributed by atoms with Gasteiger partial charge in [0.2, 0.25) is 0 Å². The SMILES string of the molecule is Oc1c([C@H](c2cccnc2)[NH+]2CCOCC2)ccc2cccnc12. The van der Waals surface area contributed by atoms with E-state index in [2.05, 4.69) is 16.0 Å². The van der Waals surface area contributed by atoms with Gasteiger partial charge in [-0.2, -0.15) is 0 Å². The van der Waals surface area contributed by atoms with Gasteiger partial charge < -0.3 is 14.7 Å². The van der Waals surface area contributed by atoms with Gasteiger partial charge in [-0.15, -0.1) is 0 Å². The van der Waals surface area contributed by atoms with Crippen LogP contribution in [-0.2, 0) is 4.74 Å². The molecule has 1 fully saturated rings. The minimum Gasteiger partial charge on any atom is -0.505 e. The van der Waals surface area contributed by atoms with Crippen LogP contribution in [0.3, 0.4) is 0 Å². The van der Waals surface area contributed by atoms with Crippen LogP contribution in [0, 0.1) is 0 Å². The van der Waals surface area contributed by atoms with E-state index in [-0.39, 0.29) is 11.8 Å². The van der Waals surface area contributed by atoms with Gasteiger partial charge >= 0.3 is 0 Å². The zero-order valence-corrected chi connectivity index (χ0v) is 13.4. The zero-order chi connectivity index (χ0) is 16.4. The summed E-state index contributed by atoms with van der Waals surface area (Å²) in [6.07, 6.45) is 5.37. The molecule has 1 aromatic carbocycles. The van der Waals surface area contributed by atoms with Crippen molar-refractivity contribution >= 4 is 10.9 Å². The van der Waals surface area contributed by atoms with E-state index in [1.165, 1.54) is 4.90 Å². The van der Waals surface area contributed by atoms with Crippen molar-refractivity contribution in [3.05, 3.63) is 66.1 Å². The fourth-order valence-electron chi connectivity index (χ4n) is 3.48. The van der Waals surface area contributed by atoms with Crippen LogP contribution in [0.4, 0.5) is 0 Å². The van der Waals surface area contributed by atoms with Crippen LogP contribution < -0.4 is 4.90 Å². The number of aromatic nitrogens is 2. The molecule has 2 aromatic heterocycles. The van der Waals surface area contributed by atoms with Crippen molar-refractivity contribution in [2.24, 2.45) is 0 Å². The summed E-state index contributed by atoms with van der Waals surface area (Å²) in [4.78, 5) is 10.0. The second-order valence-corrected chi connectivity index (χ2v) is 6.07. The molecule has 122 valence electrons. The van der Waals surface area contributed by atoms with Crippen molar-refractivity contribution in [1.29, 1.82) is 0 Å². The number of nitrogens with one attached hydrogen (secondary N) is 1. The van der Waals surface area contributed by atoms with Gasteiger partial charge in [0.05, 0.1) is 18.8 Å². The Balaban J connectivity index is 1.85. The summed E-state index contributed by atoms with van der Waals surface area (Å²) in [5.41, 5.74) is 2.64. The molecule has 0 radical (unpaired) electrons. The molecule has 0 saturated carbocycles. The van der Waals surface area contributed by atoms with Gasteiger partial charge in [-0.25, -0.2) is 0 Å². The fourth-order valence-corrected chi connectivity index (χ4v) is 3.48. The molecule has 0 spiro atoms. The lowest BCUT2D eigenvalue weighted by molar-refractivity contribution is -0.933. The molecule has 1 saturated heterocycles. The third-order valence-electron chi connectivity index (χ3n) is 4.65. The van der Waals surface area contributed by atoms with Crippen LogP contribution in [0.2, 0.25) is 0 Å². The highest BCUT2D eigenvalue weighted by Crippen LogP contribution is 2.32. The number of hydrogen-bond donors (Lipinski definition) is 2. The Morgan fingerprint density at radius 3 is 2.67 bits per heavy atom. The number of benzene rings is 1. The number of aromatic hydroxyl groups is 1. The number of quaternary nitrogens is 1. The molecule has 2 N–H and O–H groups in total. The highest BCUT2D eigenvalue weighted by atomic mass is 16.5. The first-order valence-corrected chi connectivity index (χ1v) is 8.23. The van der Waals surface area contributed by atoms with Gasteiger partial charge in [0, 0.05) is 29.5 Å². The van der Waals surface area contributed by atoms with Crippen LogP contribution in [0.15, 0.2) is 55.0 Å². The highest BCUT2D eigenvalue weighted by molar-refractivity contribution is 5.85. The molecular weight excluding hydrogens is 302 g/mol. The maximum absolute atomic E-state index is 10.9. The summed E-state index contributed by atoms with van der Waals surface area (Å²) < 4.78 is 5.51. The molecule has 3 aromatic rings. The van der Waals surface area contributed by atoms with Gasteiger partial charge in [0.1, 0.15) is 24.6 Å². The number of phenols is 1. The van der Waals surface area contributed by atoms with Crippen molar-refractivity contribution in [3.8, 4) is 5.75 Å². The molecule has 24 heavy (non-hydrogen) atoms. The van der Waals surface area contributed by atoms with Crippen LogP contribution >= 0.6 is 0 Å². The molecule has 0 bridgehead atoms. The average molecular weight is 322 g/mol. The minimum atomic E-state index is 0.0222. The topological polar surface area (TPSA) is 59.7 Å². The first-order chi connectivity index (χ1) is 11.8. The Morgan fingerprint density at radius 1 is 1.04 bits per heavy atom. The van der Waals surface area contributed by atoms with Gasteiger partial charge in [-0.05, 0) is 24.3 Å². The van der Waals surface area contributed by atoms with E-state index in [9.17, 15) is 5.11 Å². The molecular formula is C19H20N3O2+. The molecule has 3 heterocycles. The maximum Gasteiger partial charge on any atom is 0.151 e. The molecule has 1 atom stereocenters. The molecule has 0 amide bonds. The first-order valence-electron chi connectivity index (χ1n) is 8.23. The number of rotatable bonds is 3. The number of hydrogen-bond acceptors (Lipinski definition) is 4. The van der Waals surface area contributed by atoms with Crippen LogP contribution in [0.25, 0.3) is 10.9 Å². The maximum atomic E-state index is 10.9. The number of nitrogens with zero attached hydrogens (tertiary/aromatic N) is 2. The molecule has 4 rings (SSSR count). The quantitative estimate of drug-likeness (QED) is 0.764. The summed E-state index contributed by atoms with van der Waals surface area (Å²) in [6.45, 7) is 3.27. The van der Waals surface area contributed by atoms with Crippen LogP contribution in [-0.4, -0.2) is 41.4 Å². The Kier molecular flexibility index (Phi) is 4.11. The third kappa shape index (κ3) is 2.72. The minimum absolute atomic E-state index is 0.0222. The van der Waals surface area contributed by atoms with Crippen molar-refractivity contribution in [1.82, 2.24) is 9.97 Å². The molecule has 1 aliphatic rings. The van der Waals surface area contributed by atoms with Crippen molar-refractivity contribution < 1.29 is 14.7 Å². The third-order valence-corrected chi connectivity index (χ3v) is 4.65. The number of morpholine rings is 1. The zero-order valence-electron chi connectivity index (χ0n) is 13.4. The van der Waals surface area contributed by atoms with E-state index in [0.29, 0.717) is 5.52 Å². The van der Waals surface area contributed by atoms with E-state index >= 15 is 0 Å². The van der Waals surface area contributed by atoms with Gasteiger partial charge in [0.25, 0.3) is 0 Å². The van der Waals surface area contributed by atoms with Crippen LogP contribution in [0.5, 0.6) is 5.75 Å². The lowest BCUT2D eigenvalue weighted by Crippen LogP contribution is -3.14. The summed E-state index contributed by atoms with van der Waals surface area (Å²) >= 11 is 0. The predicted octanol–water partition coefficient (Wildman–Crippen LogP) is 1.34. The smallest absolute Gasteiger partial charge is 0.151 e. The van der Waals surface area contributed by atoms with Crippen molar-refractivity contribution in [2.75, 3.05) is 26.3 Å². The van der Waals surface area contributed by atoms with Gasteiger partial charge in [-0.1, -0.05) is 12.1 Å². The Bertz CT molecular complexity index is 832. The van der Waals surface area contributed by atoms with E-state index in [1.807, 2.05) is 36.5 Å². The molecule has 0 aliphatic carbocycles. The molecule has 5 nitrogen and oxygen atoms in total. The lowest BCUT2D eigenvalue weighted by Gasteiger charge is -2.32. The van der Waals surface area contributed by atoms with E-state index in [0.717, 1.165) is 42.8 Å². The normalized spacial score (nSPS) is 17.0. The van der Waals surface area contributed by atoms with Crippen LogP contribution in [0.1, 0.15) is 17.2 Å². The van der Waals surface area contributed by atoms with E-state index < -0.39 is 0 Å². The summed E-state index contributed by atoms with van der Waals surface area (Å²) in [5.74, 6) is 0.265. The standard InChI is InChI=1S/C19H19N3O2/c23-19-16(6-5-14-3-2-8-21-17(14)19)18(15-4-1-7-20-13-15)22-9-11-24-12-10-22/h1-8,13,18,23H,9-12H2/p+1/t18-/m0/s1. The van der Waals surface area contributed by atoms with E-state index in [1.54, 1.807) is 12.4 Å². The Morgan fingerprint density at radius 2 is 1.88 bits per heavy atom. The largest absolute Gasteiger partial charge is 0.505 e. The number of ether oxygens (including phenoxy) is 1. The van der Waals surface area contributed by atoms with Gasteiger partial charge in [0.15, 0.2) is 5.75 Å². The number of phenolic OH excluding ortho intramolecular Hbond substituents is 1. The number of pyridine rings is 2. The van der Waals surface area contributed by atoms with Gasteiger partial charge in [-0.3, -0.25) is 9.97 Å². The first kappa shape index (κ1) is 15.1. The Hall–Kier alpha value is -2.50. The van der Waals surface area contributed by atoms with E-state index in [4.69, 9.17) is 4.74 Å². The van der Waals surface area contributed by atoms with Crippen molar-refractivity contribution in [3.63, 3.8) is 0 Å². The molecule has 1 aliphatic heterocycles. The Labute approximate surface area is 140 Å². The number of fused-ring (bicyclic) bond motifs is 1. The molecule has 0 unspecified atom stereocenters. The predicted molar refractivity (Wildman–Crippen MR) is 91.0 cm³/mol.